The summed E-state index contributed by atoms with van der Waals surface area (Å²) in [4.78, 5) is 12.6. The highest BCUT2D eigenvalue weighted by Crippen LogP contribution is 2.37. The zero-order valence-electron chi connectivity index (χ0n) is 12.1. The summed E-state index contributed by atoms with van der Waals surface area (Å²) in [5.74, 6) is 1.98. The molecule has 0 fully saturated rings. The molecule has 1 aromatic carbocycles. The molecule has 8 heteroatoms. The molecule has 0 saturated heterocycles. The van der Waals surface area contributed by atoms with E-state index in [1.807, 2.05) is 18.2 Å². The summed E-state index contributed by atoms with van der Waals surface area (Å²) in [5.41, 5.74) is 0. The van der Waals surface area contributed by atoms with Crippen molar-refractivity contribution in [1.82, 2.24) is 15.3 Å². The lowest BCUT2D eigenvalue weighted by molar-refractivity contribution is 0.378. The van der Waals surface area contributed by atoms with Gasteiger partial charge in [-0.15, -0.1) is 0 Å². The number of amidine groups is 1. The maximum Gasteiger partial charge on any atom is 0.202 e. The van der Waals surface area contributed by atoms with Gasteiger partial charge in [0, 0.05) is 6.20 Å². The van der Waals surface area contributed by atoms with Crippen LogP contribution in [0.3, 0.4) is 0 Å². The number of rotatable bonds is 4. The second-order valence-corrected chi connectivity index (χ2v) is 5.16. The van der Waals surface area contributed by atoms with Gasteiger partial charge in [-0.25, -0.2) is 9.97 Å². The summed E-state index contributed by atoms with van der Waals surface area (Å²) in [6, 6.07) is 7.13. The maximum atomic E-state index is 6.20. The van der Waals surface area contributed by atoms with E-state index in [0.717, 1.165) is 0 Å². The predicted octanol–water partition coefficient (Wildman–Crippen LogP) is 3.45. The van der Waals surface area contributed by atoms with Crippen molar-refractivity contribution in [3.63, 3.8) is 0 Å². The zero-order valence-corrected chi connectivity index (χ0v) is 13.6. The molecule has 0 atom stereocenters. The Hall–Kier alpha value is -2.31. The minimum atomic E-state index is 0.0879. The second kappa shape index (κ2) is 6.85. The van der Waals surface area contributed by atoms with Crippen molar-refractivity contribution in [2.45, 2.75) is 0 Å². The topological polar surface area (TPSA) is 68.6 Å². The Balaban J connectivity index is 1.93. The van der Waals surface area contributed by atoms with Crippen molar-refractivity contribution in [3.8, 4) is 17.2 Å². The van der Waals surface area contributed by atoms with E-state index < -0.39 is 0 Å². The molecule has 0 bridgehead atoms. The molecule has 0 amide bonds. The van der Waals surface area contributed by atoms with E-state index in [4.69, 9.17) is 32.7 Å². The molecule has 23 heavy (non-hydrogen) atoms. The SMILES string of the molecule is COc1ccccc1Oc1c(Cl)nc(C2=NCC=CN2)nc1Cl. The highest BCUT2D eigenvalue weighted by molar-refractivity contribution is 6.36. The van der Waals surface area contributed by atoms with E-state index in [0.29, 0.717) is 29.7 Å². The largest absolute Gasteiger partial charge is 0.493 e. The lowest BCUT2D eigenvalue weighted by Gasteiger charge is -2.13. The quantitative estimate of drug-likeness (QED) is 0.855. The van der Waals surface area contributed by atoms with Crippen LogP contribution in [0.2, 0.25) is 10.3 Å². The Bertz CT molecular complexity index is 770. The summed E-state index contributed by atoms with van der Waals surface area (Å²) in [6.45, 7) is 0.542. The molecule has 1 aromatic heterocycles. The van der Waals surface area contributed by atoms with Gasteiger partial charge in [0.1, 0.15) is 0 Å². The average molecular weight is 351 g/mol. The van der Waals surface area contributed by atoms with Crippen LogP contribution >= 0.6 is 23.2 Å². The first kappa shape index (κ1) is 15.6. The Kier molecular flexibility index (Phi) is 4.64. The Labute approximate surface area is 142 Å². The van der Waals surface area contributed by atoms with Gasteiger partial charge in [0.15, 0.2) is 33.5 Å². The highest BCUT2D eigenvalue weighted by atomic mass is 35.5. The van der Waals surface area contributed by atoms with Crippen LogP contribution in [0.4, 0.5) is 0 Å². The van der Waals surface area contributed by atoms with Gasteiger partial charge >= 0.3 is 0 Å². The second-order valence-electron chi connectivity index (χ2n) is 4.45. The molecule has 0 radical (unpaired) electrons. The van der Waals surface area contributed by atoms with Crippen molar-refractivity contribution in [3.05, 3.63) is 52.7 Å². The first-order chi connectivity index (χ1) is 11.2. The number of halogens is 2. The molecule has 1 N–H and O–H groups in total. The molecule has 1 aliphatic heterocycles. The van der Waals surface area contributed by atoms with Gasteiger partial charge in [0.05, 0.1) is 13.7 Å². The first-order valence-corrected chi connectivity index (χ1v) is 7.45. The van der Waals surface area contributed by atoms with Gasteiger partial charge in [-0.05, 0) is 18.2 Å². The molecule has 2 aromatic rings. The van der Waals surface area contributed by atoms with Gasteiger partial charge < -0.3 is 14.8 Å². The van der Waals surface area contributed by atoms with Crippen LogP contribution in [0.25, 0.3) is 0 Å². The Morgan fingerprint density at radius 1 is 1.09 bits per heavy atom. The van der Waals surface area contributed by atoms with Crippen LogP contribution in [0, 0.1) is 0 Å². The number of benzene rings is 1. The van der Waals surface area contributed by atoms with Crippen molar-refractivity contribution in [2.75, 3.05) is 13.7 Å². The number of nitrogens with one attached hydrogen (secondary N) is 1. The monoisotopic (exact) mass is 350 g/mol. The van der Waals surface area contributed by atoms with Gasteiger partial charge in [-0.3, -0.25) is 4.99 Å². The van der Waals surface area contributed by atoms with Crippen molar-refractivity contribution < 1.29 is 9.47 Å². The molecule has 0 saturated carbocycles. The lowest BCUT2D eigenvalue weighted by Crippen LogP contribution is -2.24. The average Bonchev–Trinajstić information content (AvgIpc) is 2.59. The third kappa shape index (κ3) is 3.38. The van der Waals surface area contributed by atoms with Gasteiger partial charge in [-0.2, -0.15) is 0 Å². The molecule has 118 valence electrons. The number of nitrogens with zero attached hydrogens (tertiary/aromatic N) is 3. The van der Waals surface area contributed by atoms with E-state index in [2.05, 4.69) is 20.3 Å². The third-order valence-electron chi connectivity index (χ3n) is 2.97. The fraction of sp³-hybridized carbons (Fsp3) is 0.133. The number of ether oxygens (including phenoxy) is 2. The van der Waals surface area contributed by atoms with E-state index in [-0.39, 0.29) is 16.1 Å². The van der Waals surface area contributed by atoms with Crippen LogP contribution in [0.15, 0.2) is 41.5 Å². The lowest BCUT2D eigenvalue weighted by atomic mass is 10.3. The van der Waals surface area contributed by atoms with Gasteiger partial charge in [-0.1, -0.05) is 35.3 Å². The summed E-state index contributed by atoms with van der Waals surface area (Å²) < 4.78 is 10.9. The smallest absolute Gasteiger partial charge is 0.202 e. The fourth-order valence-corrected chi connectivity index (χ4v) is 2.38. The van der Waals surface area contributed by atoms with Crippen molar-refractivity contribution in [2.24, 2.45) is 4.99 Å². The number of aliphatic imine (C=N–C) groups is 1. The summed E-state index contributed by atoms with van der Waals surface area (Å²) in [7, 11) is 1.55. The molecule has 0 unspecified atom stereocenters. The first-order valence-electron chi connectivity index (χ1n) is 6.69. The number of methoxy groups -OCH3 is 1. The van der Waals surface area contributed by atoms with E-state index in [1.54, 1.807) is 25.4 Å². The van der Waals surface area contributed by atoms with Gasteiger partial charge in [0.2, 0.25) is 5.75 Å². The summed E-state index contributed by atoms with van der Waals surface area (Å²) in [5, 5.41) is 3.12. The highest BCUT2D eigenvalue weighted by Gasteiger charge is 2.18. The van der Waals surface area contributed by atoms with E-state index >= 15 is 0 Å². The molecular formula is C15H12Cl2N4O2. The standard InChI is InChI=1S/C15H12Cl2N4O2/c1-22-9-5-2-3-6-10(9)23-11-12(16)20-15(21-13(11)17)14-18-7-4-8-19-14/h2-7H,8H2,1H3,(H,18,19). The Morgan fingerprint density at radius 2 is 1.78 bits per heavy atom. The molecule has 1 aliphatic rings. The number of hydrogen-bond donors (Lipinski definition) is 1. The fourth-order valence-electron chi connectivity index (χ4n) is 1.92. The normalized spacial score (nSPS) is 13.3. The Morgan fingerprint density at radius 3 is 2.39 bits per heavy atom. The number of hydrogen-bond acceptors (Lipinski definition) is 6. The molecule has 0 spiro atoms. The van der Waals surface area contributed by atoms with Crippen LogP contribution in [-0.2, 0) is 0 Å². The van der Waals surface area contributed by atoms with Crippen molar-refractivity contribution in [1.29, 1.82) is 0 Å². The van der Waals surface area contributed by atoms with Crippen molar-refractivity contribution >= 4 is 29.0 Å². The van der Waals surface area contributed by atoms with E-state index in [1.165, 1.54) is 0 Å². The van der Waals surface area contributed by atoms with Crippen LogP contribution in [0.5, 0.6) is 17.2 Å². The summed E-state index contributed by atoms with van der Waals surface area (Å²) in [6.07, 6.45) is 3.62. The zero-order chi connectivity index (χ0) is 16.2. The number of aromatic nitrogens is 2. The molecule has 6 nitrogen and oxygen atoms in total. The maximum absolute atomic E-state index is 6.20. The van der Waals surface area contributed by atoms with Crippen LogP contribution < -0.4 is 14.8 Å². The van der Waals surface area contributed by atoms with E-state index in [9.17, 15) is 0 Å². The summed E-state index contributed by atoms with van der Waals surface area (Å²) >= 11 is 12.4. The molecule has 0 aliphatic carbocycles. The molecule has 3 rings (SSSR count). The molecular weight excluding hydrogens is 339 g/mol. The van der Waals surface area contributed by atoms with Crippen LogP contribution in [0.1, 0.15) is 5.82 Å². The van der Waals surface area contributed by atoms with Crippen LogP contribution in [-0.4, -0.2) is 29.5 Å². The number of para-hydroxylation sites is 2. The minimum absolute atomic E-state index is 0.0879. The minimum Gasteiger partial charge on any atom is -0.493 e. The third-order valence-corrected chi connectivity index (χ3v) is 3.48. The van der Waals surface area contributed by atoms with Gasteiger partial charge in [0.25, 0.3) is 0 Å². The predicted molar refractivity (Wildman–Crippen MR) is 88.8 cm³/mol. The molecule has 2 heterocycles.